The van der Waals surface area contributed by atoms with Crippen molar-refractivity contribution in [3.05, 3.63) is 48.0 Å². The lowest BCUT2D eigenvalue weighted by Gasteiger charge is -2.05. The highest BCUT2D eigenvalue weighted by atomic mass is 16.5. The van der Waals surface area contributed by atoms with Crippen LogP contribution in [0.5, 0.6) is 0 Å². The summed E-state index contributed by atoms with van der Waals surface area (Å²) in [7, 11) is 0. The molecule has 140 valence electrons. The molecule has 0 radical (unpaired) electrons. The lowest BCUT2D eigenvalue weighted by Crippen LogP contribution is -2.04. The Kier molecular flexibility index (Phi) is 13.7. The molecule has 0 aliphatic rings. The van der Waals surface area contributed by atoms with Crippen LogP contribution in [0.15, 0.2) is 42.5 Å². The van der Waals surface area contributed by atoms with Crippen LogP contribution in [-0.2, 0) is 16.1 Å². The summed E-state index contributed by atoms with van der Waals surface area (Å²) in [5, 5.41) is 0. The molecule has 2 nitrogen and oxygen atoms in total. The van der Waals surface area contributed by atoms with Crippen LogP contribution in [0, 0.1) is 0 Å². The molecular formula is C23H36O2. The fourth-order valence-electron chi connectivity index (χ4n) is 2.80. The molecule has 0 aliphatic carbocycles. The molecule has 1 rings (SSSR count). The van der Waals surface area contributed by atoms with E-state index in [1.807, 2.05) is 30.3 Å². The van der Waals surface area contributed by atoms with Gasteiger partial charge in [0.05, 0.1) is 0 Å². The van der Waals surface area contributed by atoms with Crippen molar-refractivity contribution in [1.29, 1.82) is 0 Å². The van der Waals surface area contributed by atoms with Gasteiger partial charge in [0, 0.05) is 6.42 Å². The van der Waals surface area contributed by atoms with Gasteiger partial charge >= 0.3 is 5.97 Å². The first-order chi connectivity index (χ1) is 12.3. The number of benzene rings is 1. The Bertz CT molecular complexity index is 450. The lowest BCUT2D eigenvalue weighted by molar-refractivity contribution is -0.145. The van der Waals surface area contributed by atoms with Crippen molar-refractivity contribution in [3.63, 3.8) is 0 Å². The highest BCUT2D eigenvalue weighted by molar-refractivity contribution is 5.69. The summed E-state index contributed by atoms with van der Waals surface area (Å²) in [5.41, 5.74) is 1.05. The van der Waals surface area contributed by atoms with Gasteiger partial charge in [-0.25, -0.2) is 0 Å². The molecule has 0 aliphatic heterocycles. The van der Waals surface area contributed by atoms with Gasteiger partial charge in [0.2, 0.25) is 0 Å². The van der Waals surface area contributed by atoms with E-state index in [2.05, 4.69) is 19.1 Å². The monoisotopic (exact) mass is 344 g/mol. The van der Waals surface area contributed by atoms with Gasteiger partial charge in [-0.1, -0.05) is 87.9 Å². The van der Waals surface area contributed by atoms with E-state index in [0.717, 1.165) is 18.4 Å². The summed E-state index contributed by atoms with van der Waals surface area (Å²) in [4.78, 5) is 11.7. The topological polar surface area (TPSA) is 26.3 Å². The molecule has 2 heteroatoms. The Morgan fingerprint density at radius 3 is 2.12 bits per heavy atom. The van der Waals surface area contributed by atoms with E-state index >= 15 is 0 Å². The van der Waals surface area contributed by atoms with Crippen LogP contribution < -0.4 is 0 Å². The maximum absolute atomic E-state index is 11.7. The summed E-state index contributed by atoms with van der Waals surface area (Å²) in [6.45, 7) is 2.65. The number of hydrogen-bond acceptors (Lipinski definition) is 2. The van der Waals surface area contributed by atoms with Gasteiger partial charge in [0.1, 0.15) is 6.61 Å². The van der Waals surface area contributed by atoms with E-state index in [-0.39, 0.29) is 5.97 Å². The maximum atomic E-state index is 11.7. The Balaban J connectivity index is 1.85. The molecule has 0 bridgehead atoms. The third-order valence-corrected chi connectivity index (χ3v) is 4.39. The van der Waals surface area contributed by atoms with Gasteiger partial charge in [0.25, 0.3) is 0 Å². The first-order valence-electron chi connectivity index (χ1n) is 10.2. The molecule has 0 spiro atoms. The zero-order valence-electron chi connectivity index (χ0n) is 16.1. The predicted octanol–water partition coefficient (Wildman–Crippen LogP) is 6.99. The Morgan fingerprint density at radius 1 is 0.840 bits per heavy atom. The highest BCUT2D eigenvalue weighted by Gasteiger charge is 2.02. The zero-order valence-corrected chi connectivity index (χ0v) is 16.1. The van der Waals surface area contributed by atoms with Gasteiger partial charge < -0.3 is 4.74 Å². The molecule has 0 saturated carbocycles. The van der Waals surface area contributed by atoms with Crippen molar-refractivity contribution >= 4 is 5.97 Å². The van der Waals surface area contributed by atoms with Gasteiger partial charge in [-0.05, 0) is 37.7 Å². The molecule has 0 amide bonds. The number of rotatable bonds is 15. The molecule has 0 unspecified atom stereocenters. The van der Waals surface area contributed by atoms with Crippen molar-refractivity contribution in [3.8, 4) is 0 Å². The number of carbonyl (C=O) groups is 1. The van der Waals surface area contributed by atoms with Crippen molar-refractivity contribution in [2.45, 2.75) is 90.6 Å². The number of hydrogen-bond donors (Lipinski definition) is 0. The SMILES string of the molecule is CCCCCC/C=C\CCCCCCCC(=O)OCc1ccccc1. The first-order valence-corrected chi connectivity index (χ1v) is 10.2. The fourth-order valence-corrected chi connectivity index (χ4v) is 2.80. The van der Waals surface area contributed by atoms with Crippen LogP contribution in [0.25, 0.3) is 0 Å². The summed E-state index contributed by atoms with van der Waals surface area (Å²) < 4.78 is 5.29. The maximum Gasteiger partial charge on any atom is 0.306 e. The molecule has 25 heavy (non-hydrogen) atoms. The third-order valence-electron chi connectivity index (χ3n) is 4.39. The van der Waals surface area contributed by atoms with E-state index in [4.69, 9.17) is 4.74 Å². The number of ether oxygens (including phenoxy) is 1. The number of carbonyl (C=O) groups excluding carboxylic acids is 1. The van der Waals surface area contributed by atoms with Crippen LogP contribution in [-0.4, -0.2) is 5.97 Å². The molecule has 0 atom stereocenters. The zero-order chi connectivity index (χ0) is 18.0. The van der Waals surface area contributed by atoms with Crippen molar-refractivity contribution in [2.75, 3.05) is 0 Å². The normalized spacial score (nSPS) is 11.1. The van der Waals surface area contributed by atoms with Crippen LogP contribution in [0.3, 0.4) is 0 Å². The van der Waals surface area contributed by atoms with Gasteiger partial charge in [-0.15, -0.1) is 0 Å². The van der Waals surface area contributed by atoms with E-state index in [1.165, 1.54) is 57.8 Å². The van der Waals surface area contributed by atoms with Gasteiger partial charge in [0.15, 0.2) is 0 Å². The first kappa shape index (κ1) is 21.5. The minimum Gasteiger partial charge on any atom is -0.461 e. The molecule has 1 aromatic rings. The Hall–Kier alpha value is -1.57. The van der Waals surface area contributed by atoms with E-state index < -0.39 is 0 Å². The molecule has 0 fully saturated rings. The van der Waals surface area contributed by atoms with Crippen LogP contribution in [0.4, 0.5) is 0 Å². The average Bonchev–Trinajstić information content (AvgIpc) is 2.64. The second-order valence-electron chi connectivity index (χ2n) is 6.77. The summed E-state index contributed by atoms with van der Waals surface area (Å²) in [6.07, 6.45) is 18.9. The Labute approximate surface area is 154 Å². The van der Waals surface area contributed by atoms with Crippen LogP contribution in [0.1, 0.15) is 89.5 Å². The largest absolute Gasteiger partial charge is 0.461 e. The summed E-state index contributed by atoms with van der Waals surface area (Å²) in [6, 6.07) is 9.85. The highest BCUT2D eigenvalue weighted by Crippen LogP contribution is 2.10. The quantitative estimate of drug-likeness (QED) is 0.195. The van der Waals surface area contributed by atoms with Crippen molar-refractivity contribution in [1.82, 2.24) is 0 Å². The van der Waals surface area contributed by atoms with E-state index in [0.29, 0.717) is 13.0 Å². The van der Waals surface area contributed by atoms with Gasteiger partial charge in [-0.3, -0.25) is 4.79 Å². The Morgan fingerprint density at radius 2 is 1.44 bits per heavy atom. The van der Waals surface area contributed by atoms with Crippen LogP contribution in [0.2, 0.25) is 0 Å². The van der Waals surface area contributed by atoms with Crippen molar-refractivity contribution in [2.24, 2.45) is 0 Å². The van der Waals surface area contributed by atoms with E-state index in [1.54, 1.807) is 0 Å². The molecule has 0 heterocycles. The fraction of sp³-hybridized carbons (Fsp3) is 0.609. The smallest absolute Gasteiger partial charge is 0.306 e. The predicted molar refractivity (Wildman–Crippen MR) is 106 cm³/mol. The van der Waals surface area contributed by atoms with Crippen molar-refractivity contribution < 1.29 is 9.53 Å². The second kappa shape index (κ2) is 15.9. The molecular weight excluding hydrogens is 308 g/mol. The van der Waals surface area contributed by atoms with E-state index in [9.17, 15) is 4.79 Å². The molecule has 1 aromatic carbocycles. The molecule has 0 saturated heterocycles. The minimum absolute atomic E-state index is 0.0742. The average molecular weight is 345 g/mol. The molecule has 0 aromatic heterocycles. The number of allylic oxidation sites excluding steroid dienone is 2. The molecule has 0 N–H and O–H groups in total. The number of esters is 1. The summed E-state index contributed by atoms with van der Waals surface area (Å²) >= 11 is 0. The summed E-state index contributed by atoms with van der Waals surface area (Å²) in [5.74, 6) is -0.0742. The number of unbranched alkanes of at least 4 members (excludes halogenated alkanes) is 9. The van der Waals surface area contributed by atoms with Gasteiger partial charge in [-0.2, -0.15) is 0 Å². The standard InChI is InChI=1S/C23H36O2/c1-2-3-4-5-6-7-8-9-10-11-12-13-17-20-23(24)25-21-22-18-15-14-16-19-22/h7-8,14-16,18-19H,2-6,9-13,17,20-21H2,1H3/b8-7-. The lowest BCUT2D eigenvalue weighted by atomic mass is 10.1. The second-order valence-corrected chi connectivity index (χ2v) is 6.77. The minimum atomic E-state index is -0.0742. The third kappa shape index (κ3) is 13.4. The van der Waals surface area contributed by atoms with Crippen LogP contribution >= 0.6 is 0 Å².